The van der Waals surface area contributed by atoms with Crippen molar-refractivity contribution in [3.05, 3.63) is 34.5 Å². The Morgan fingerprint density at radius 3 is 3.15 bits per heavy atom. The average Bonchev–Trinajstić information content (AvgIpc) is 2.44. The molecule has 64 valence electrons. The molecule has 0 saturated carbocycles. The topological polar surface area (TPSA) is 74.8 Å². The van der Waals surface area contributed by atoms with Crippen LogP contribution in [0.4, 0.5) is 5.69 Å². The maximum Gasteiger partial charge on any atom is 0.192 e. The van der Waals surface area contributed by atoms with Crippen LogP contribution < -0.4 is 0 Å². The highest BCUT2D eigenvalue weighted by Crippen LogP contribution is 2.21. The van der Waals surface area contributed by atoms with Gasteiger partial charge >= 0.3 is 0 Å². The van der Waals surface area contributed by atoms with E-state index in [0.29, 0.717) is 22.7 Å². The predicted octanol–water partition coefficient (Wildman–Crippen LogP) is 3.08. The van der Waals surface area contributed by atoms with Gasteiger partial charge in [0.15, 0.2) is 11.5 Å². The monoisotopic (exact) mass is 174 g/mol. The lowest BCUT2D eigenvalue weighted by Gasteiger charge is -1.88. The van der Waals surface area contributed by atoms with Gasteiger partial charge in [0.2, 0.25) is 0 Å². The molecule has 2 rings (SSSR count). The van der Waals surface area contributed by atoms with E-state index in [1.165, 1.54) is 0 Å². The summed E-state index contributed by atoms with van der Waals surface area (Å²) in [5.74, 6) is 0.605. The van der Waals surface area contributed by atoms with Crippen molar-refractivity contribution < 1.29 is 4.42 Å². The summed E-state index contributed by atoms with van der Waals surface area (Å²) in [5.41, 5.74) is 10.2. The predicted molar refractivity (Wildman–Crippen MR) is 47.6 cm³/mol. The third-order valence-corrected chi connectivity index (χ3v) is 1.64. The Morgan fingerprint density at radius 2 is 2.38 bits per heavy atom. The molecule has 5 nitrogen and oxygen atoms in total. The number of aromatic nitrogens is 1. The Hall–Kier alpha value is -2.00. The number of benzene rings is 1. The molecule has 0 aliphatic carbocycles. The summed E-state index contributed by atoms with van der Waals surface area (Å²) in [6.45, 7) is 1.77. The van der Waals surface area contributed by atoms with Crippen LogP contribution in [0, 0.1) is 6.92 Å². The maximum atomic E-state index is 8.21. The van der Waals surface area contributed by atoms with Crippen molar-refractivity contribution in [2.45, 2.75) is 6.92 Å². The molecule has 13 heavy (non-hydrogen) atoms. The van der Waals surface area contributed by atoms with Gasteiger partial charge in [0.05, 0.1) is 0 Å². The minimum absolute atomic E-state index is 0.545. The first-order valence-electron chi connectivity index (χ1n) is 3.72. The zero-order valence-electron chi connectivity index (χ0n) is 6.93. The fraction of sp³-hybridized carbons (Fsp3) is 0.125. The van der Waals surface area contributed by atoms with Crippen molar-refractivity contribution in [3.63, 3.8) is 0 Å². The Morgan fingerprint density at radius 1 is 1.54 bits per heavy atom. The standard InChI is InChI=1S/C8H6N4O/c1-5-10-7-4-6(11-12-9)2-3-8(7)13-5/h2-4H,1H3. The van der Waals surface area contributed by atoms with Gasteiger partial charge in [0.25, 0.3) is 0 Å². The van der Waals surface area contributed by atoms with E-state index in [9.17, 15) is 0 Å². The second kappa shape index (κ2) is 2.80. The van der Waals surface area contributed by atoms with E-state index < -0.39 is 0 Å². The van der Waals surface area contributed by atoms with Crippen LogP contribution in [0.3, 0.4) is 0 Å². The smallest absolute Gasteiger partial charge is 0.192 e. The molecule has 0 fully saturated rings. The Bertz CT molecular complexity index is 496. The molecule has 0 atom stereocenters. The first-order chi connectivity index (χ1) is 6.29. The Labute approximate surface area is 73.6 Å². The van der Waals surface area contributed by atoms with Gasteiger partial charge in [-0.15, -0.1) is 0 Å². The third-order valence-electron chi connectivity index (χ3n) is 1.64. The van der Waals surface area contributed by atoms with Gasteiger partial charge in [0.1, 0.15) is 5.52 Å². The number of hydrogen-bond donors (Lipinski definition) is 0. The first kappa shape index (κ1) is 7.64. The molecule has 1 heterocycles. The Balaban J connectivity index is 2.67. The van der Waals surface area contributed by atoms with Crippen LogP contribution in [0.25, 0.3) is 21.5 Å². The number of azide groups is 1. The molecule has 0 spiro atoms. The summed E-state index contributed by atoms with van der Waals surface area (Å²) in [5, 5.41) is 3.46. The zero-order chi connectivity index (χ0) is 9.26. The molecular formula is C8H6N4O. The summed E-state index contributed by atoms with van der Waals surface area (Å²) in [6.07, 6.45) is 0. The van der Waals surface area contributed by atoms with Crippen LogP contribution in [0.2, 0.25) is 0 Å². The van der Waals surface area contributed by atoms with Gasteiger partial charge in [0, 0.05) is 17.5 Å². The van der Waals surface area contributed by atoms with Crippen LogP contribution in [-0.4, -0.2) is 4.98 Å². The summed E-state index contributed by atoms with van der Waals surface area (Å²) in [4.78, 5) is 6.79. The van der Waals surface area contributed by atoms with Crippen LogP contribution >= 0.6 is 0 Å². The molecule has 0 aliphatic rings. The average molecular weight is 174 g/mol. The molecule has 1 aromatic heterocycles. The van der Waals surface area contributed by atoms with Gasteiger partial charge in [-0.1, -0.05) is 5.11 Å². The van der Waals surface area contributed by atoms with Crippen molar-refractivity contribution in [1.29, 1.82) is 0 Å². The molecule has 0 N–H and O–H groups in total. The highest BCUT2D eigenvalue weighted by molar-refractivity contribution is 5.76. The molecule has 2 aromatic rings. The van der Waals surface area contributed by atoms with E-state index >= 15 is 0 Å². The second-order valence-corrected chi connectivity index (χ2v) is 2.57. The SMILES string of the molecule is Cc1nc2cc(N=[N+]=[N-])ccc2o1. The lowest BCUT2D eigenvalue weighted by Crippen LogP contribution is -1.67. The third kappa shape index (κ3) is 1.32. The van der Waals surface area contributed by atoms with Gasteiger partial charge < -0.3 is 4.42 Å². The number of oxazole rings is 1. The minimum Gasteiger partial charge on any atom is -0.441 e. The number of aryl methyl sites for hydroxylation is 1. The maximum absolute atomic E-state index is 8.21. The minimum atomic E-state index is 0.545. The number of nitrogens with zero attached hydrogens (tertiary/aromatic N) is 4. The molecule has 0 bridgehead atoms. The molecule has 0 unspecified atom stereocenters. The molecule has 1 aromatic carbocycles. The van der Waals surface area contributed by atoms with Crippen molar-refractivity contribution >= 4 is 16.8 Å². The lowest BCUT2D eigenvalue weighted by atomic mass is 10.3. The van der Waals surface area contributed by atoms with Crippen LogP contribution in [0.1, 0.15) is 5.89 Å². The van der Waals surface area contributed by atoms with Gasteiger partial charge in [-0.25, -0.2) is 4.98 Å². The Kier molecular flexibility index (Phi) is 1.65. The lowest BCUT2D eigenvalue weighted by molar-refractivity contribution is 0.561. The zero-order valence-corrected chi connectivity index (χ0v) is 6.93. The van der Waals surface area contributed by atoms with E-state index in [0.717, 1.165) is 0 Å². The highest BCUT2D eigenvalue weighted by Gasteiger charge is 2.01. The summed E-state index contributed by atoms with van der Waals surface area (Å²) >= 11 is 0. The summed E-state index contributed by atoms with van der Waals surface area (Å²) < 4.78 is 5.26. The fourth-order valence-electron chi connectivity index (χ4n) is 1.14. The van der Waals surface area contributed by atoms with Crippen molar-refractivity contribution in [1.82, 2.24) is 4.98 Å². The van der Waals surface area contributed by atoms with Gasteiger partial charge in [-0.2, -0.15) is 0 Å². The normalized spacial score (nSPS) is 9.92. The van der Waals surface area contributed by atoms with E-state index in [-0.39, 0.29) is 0 Å². The number of hydrogen-bond acceptors (Lipinski definition) is 3. The summed E-state index contributed by atoms with van der Waals surface area (Å²) in [7, 11) is 0. The van der Waals surface area contributed by atoms with Crippen LogP contribution in [-0.2, 0) is 0 Å². The molecule has 0 saturated heterocycles. The van der Waals surface area contributed by atoms with Crippen LogP contribution in [0.5, 0.6) is 0 Å². The molecule has 5 heteroatoms. The quantitative estimate of drug-likeness (QED) is 0.378. The van der Waals surface area contributed by atoms with Gasteiger partial charge in [-0.05, 0) is 23.7 Å². The highest BCUT2D eigenvalue weighted by atomic mass is 16.3. The van der Waals surface area contributed by atoms with E-state index in [1.54, 1.807) is 25.1 Å². The first-order valence-corrected chi connectivity index (χ1v) is 3.72. The van der Waals surface area contributed by atoms with E-state index in [4.69, 9.17) is 9.95 Å². The second-order valence-electron chi connectivity index (χ2n) is 2.57. The fourth-order valence-corrected chi connectivity index (χ4v) is 1.14. The van der Waals surface area contributed by atoms with Crippen LogP contribution in [0.15, 0.2) is 27.7 Å². The molecular weight excluding hydrogens is 168 g/mol. The van der Waals surface area contributed by atoms with Crippen molar-refractivity contribution in [2.75, 3.05) is 0 Å². The van der Waals surface area contributed by atoms with E-state index in [2.05, 4.69) is 15.0 Å². The molecule has 0 radical (unpaired) electrons. The summed E-state index contributed by atoms with van der Waals surface area (Å²) in [6, 6.07) is 5.11. The van der Waals surface area contributed by atoms with Gasteiger partial charge in [-0.3, -0.25) is 0 Å². The number of rotatable bonds is 1. The van der Waals surface area contributed by atoms with E-state index in [1.807, 2.05) is 0 Å². The molecule has 0 aliphatic heterocycles. The van der Waals surface area contributed by atoms with Crippen molar-refractivity contribution in [3.8, 4) is 0 Å². The number of fused-ring (bicyclic) bond motifs is 1. The van der Waals surface area contributed by atoms with Crippen molar-refractivity contribution in [2.24, 2.45) is 5.11 Å². The molecule has 0 amide bonds. The largest absolute Gasteiger partial charge is 0.441 e.